The van der Waals surface area contributed by atoms with Crippen LogP contribution in [0.5, 0.6) is 0 Å². The molecule has 0 bridgehead atoms. The highest BCUT2D eigenvalue weighted by molar-refractivity contribution is 6.73. The van der Waals surface area contributed by atoms with Crippen LogP contribution < -0.4 is 5.32 Å². The number of hydrogen-bond donors (Lipinski definition) is 1. The van der Waals surface area contributed by atoms with Gasteiger partial charge in [0.15, 0.2) is 0 Å². The fourth-order valence-corrected chi connectivity index (χ4v) is 12.6. The summed E-state index contributed by atoms with van der Waals surface area (Å²) in [6.07, 6.45) is 6.83. The highest BCUT2D eigenvalue weighted by Crippen LogP contribution is 2.28. The predicted octanol–water partition coefficient (Wildman–Crippen LogP) is 2.08. The normalized spacial score (nSPS) is 14.2. The Morgan fingerprint density at radius 1 is 0.774 bits per heavy atom. The van der Waals surface area contributed by atoms with Gasteiger partial charge in [0, 0.05) is 63.4 Å². The third-order valence-corrected chi connectivity index (χ3v) is 16.2. The quantitative estimate of drug-likeness (QED) is 0.180. The SMILES string of the molecule is CCN(CC)CCCCCC([SiH2]CNCCC[Si](OC)(OC)OC)[Si](OC)(OC)OC. The van der Waals surface area contributed by atoms with Gasteiger partial charge >= 0.3 is 17.6 Å². The van der Waals surface area contributed by atoms with Crippen molar-refractivity contribution < 1.29 is 26.6 Å². The van der Waals surface area contributed by atoms with Gasteiger partial charge in [0.2, 0.25) is 0 Å². The van der Waals surface area contributed by atoms with Crippen LogP contribution in [0.1, 0.15) is 46.0 Å². The summed E-state index contributed by atoms with van der Waals surface area (Å²) in [5.41, 5.74) is 0. The highest BCUT2D eigenvalue weighted by atomic mass is 28.4. The topological polar surface area (TPSA) is 70.7 Å². The fourth-order valence-electron chi connectivity index (χ4n) is 4.08. The maximum Gasteiger partial charge on any atom is 0.500 e. The van der Waals surface area contributed by atoms with Crippen LogP contribution in [0.3, 0.4) is 0 Å². The Morgan fingerprint density at radius 2 is 1.35 bits per heavy atom. The van der Waals surface area contributed by atoms with Crippen molar-refractivity contribution in [3.05, 3.63) is 0 Å². The zero-order chi connectivity index (χ0) is 23.6. The molecule has 0 saturated heterocycles. The molecule has 0 saturated carbocycles. The average molecular weight is 499 g/mol. The lowest BCUT2D eigenvalue weighted by atomic mass is 10.2. The summed E-state index contributed by atoms with van der Waals surface area (Å²) in [6, 6.07) is 0.813. The molecule has 11 heteroatoms. The van der Waals surface area contributed by atoms with Crippen molar-refractivity contribution in [2.75, 3.05) is 75.0 Å². The smallest absolute Gasteiger partial charge is 0.377 e. The summed E-state index contributed by atoms with van der Waals surface area (Å²) >= 11 is 0. The minimum atomic E-state index is -2.60. The van der Waals surface area contributed by atoms with E-state index in [0.717, 1.165) is 44.7 Å². The average Bonchev–Trinajstić information content (AvgIpc) is 2.82. The molecular formula is C20H50N2O6Si3. The van der Waals surface area contributed by atoms with E-state index in [2.05, 4.69) is 24.1 Å². The Morgan fingerprint density at radius 3 is 1.84 bits per heavy atom. The highest BCUT2D eigenvalue weighted by Gasteiger charge is 2.46. The third-order valence-electron chi connectivity index (χ3n) is 6.21. The van der Waals surface area contributed by atoms with Crippen LogP contribution in [0.4, 0.5) is 0 Å². The summed E-state index contributed by atoms with van der Waals surface area (Å²) in [4.78, 5) is 2.49. The van der Waals surface area contributed by atoms with Crippen molar-refractivity contribution in [3.63, 3.8) is 0 Å². The molecule has 1 atom stereocenters. The number of rotatable bonds is 22. The molecule has 0 aromatic rings. The number of nitrogens with one attached hydrogen (secondary N) is 1. The van der Waals surface area contributed by atoms with Crippen LogP contribution in [-0.2, 0) is 26.6 Å². The van der Waals surface area contributed by atoms with Crippen molar-refractivity contribution in [2.45, 2.75) is 57.2 Å². The molecule has 0 rings (SSSR count). The van der Waals surface area contributed by atoms with Crippen LogP contribution in [-0.4, -0.2) is 107 Å². The minimum absolute atomic E-state index is 0.429. The Balaban J connectivity index is 4.50. The predicted molar refractivity (Wildman–Crippen MR) is 134 cm³/mol. The van der Waals surface area contributed by atoms with Crippen molar-refractivity contribution in [1.29, 1.82) is 0 Å². The molecule has 0 fully saturated rings. The number of nitrogens with zero attached hydrogens (tertiary/aromatic N) is 1. The van der Waals surface area contributed by atoms with Crippen LogP contribution in [0.15, 0.2) is 0 Å². The van der Waals surface area contributed by atoms with E-state index in [4.69, 9.17) is 26.6 Å². The zero-order valence-electron chi connectivity index (χ0n) is 21.5. The maximum atomic E-state index is 5.84. The summed E-state index contributed by atoms with van der Waals surface area (Å²) in [6.45, 7) is 8.84. The molecule has 0 aromatic carbocycles. The lowest BCUT2D eigenvalue weighted by Crippen LogP contribution is -2.51. The molecule has 0 aliphatic carbocycles. The van der Waals surface area contributed by atoms with Crippen LogP contribution in [0.25, 0.3) is 0 Å². The van der Waals surface area contributed by atoms with E-state index in [9.17, 15) is 0 Å². The van der Waals surface area contributed by atoms with Crippen molar-refractivity contribution in [1.82, 2.24) is 10.2 Å². The summed E-state index contributed by atoms with van der Waals surface area (Å²) in [5, 5.41) is 4.03. The van der Waals surface area contributed by atoms with E-state index in [-0.39, 0.29) is 0 Å². The molecule has 0 radical (unpaired) electrons. The molecule has 188 valence electrons. The molecule has 1 unspecified atom stereocenters. The molecule has 31 heavy (non-hydrogen) atoms. The number of hydrogen-bond acceptors (Lipinski definition) is 8. The molecule has 0 spiro atoms. The first-order valence-electron chi connectivity index (χ1n) is 11.7. The summed E-state index contributed by atoms with van der Waals surface area (Å²) in [7, 11) is 4.66. The zero-order valence-corrected chi connectivity index (χ0v) is 24.9. The molecule has 0 aliphatic heterocycles. The monoisotopic (exact) mass is 498 g/mol. The largest absolute Gasteiger partial charge is 0.500 e. The molecular weight excluding hydrogens is 448 g/mol. The fraction of sp³-hybridized carbons (Fsp3) is 1.00. The molecule has 0 aliphatic rings. The van der Waals surface area contributed by atoms with Crippen LogP contribution >= 0.6 is 0 Å². The van der Waals surface area contributed by atoms with Gasteiger partial charge in [0.05, 0.1) is 0 Å². The third kappa shape index (κ3) is 11.3. The molecule has 0 aromatic heterocycles. The van der Waals surface area contributed by atoms with Gasteiger partial charge in [-0.3, -0.25) is 0 Å². The van der Waals surface area contributed by atoms with Gasteiger partial charge in [0.1, 0.15) is 0 Å². The van der Waals surface area contributed by atoms with E-state index >= 15 is 0 Å². The Bertz CT molecular complexity index is 398. The Kier molecular flexibility index (Phi) is 18.9. The van der Waals surface area contributed by atoms with Crippen molar-refractivity contribution in [3.8, 4) is 0 Å². The Labute approximate surface area is 196 Å². The van der Waals surface area contributed by atoms with Gasteiger partial charge < -0.3 is 36.8 Å². The van der Waals surface area contributed by atoms with E-state index in [0.29, 0.717) is 5.16 Å². The second-order valence-corrected chi connectivity index (χ2v) is 16.9. The summed E-state index contributed by atoms with van der Waals surface area (Å²) < 4.78 is 34.0. The maximum absolute atomic E-state index is 5.84. The lowest BCUT2D eigenvalue weighted by Gasteiger charge is -2.32. The van der Waals surface area contributed by atoms with E-state index < -0.39 is 27.1 Å². The number of unbranched alkanes of at least 4 members (excludes halogenated alkanes) is 2. The Hall–Kier alpha value is 0.331. The van der Waals surface area contributed by atoms with E-state index in [1.165, 1.54) is 25.8 Å². The van der Waals surface area contributed by atoms with Crippen molar-refractivity contribution in [2.24, 2.45) is 0 Å². The lowest BCUT2D eigenvalue weighted by molar-refractivity contribution is 0.118. The molecule has 0 heterocycles. The van der Waals surface area contributed by atoms with E-state index in [1.807, 2.05) is 0 Å². The van der Waals surface area contributed by atoms with Gasteiger partial charge in [-0.05, 0) is 51.6 Å². The van der Waals surface area contributed by atoms with Gasteiger partial charge in [-0.1, -0.05) is 26.7 Å². The molecule has 1 N–H and O–H groups in total. The van der Waals surface area contributed by atoms with Gasteiger partial charge in [0.25, 0.3) is 0 Å². The first-order valence-corrected chi connectivity index (χ1v) is 17.3. The van der Waals surface area contributed by atoms with Gasteiger partial charge in [-0.25, -0.2) is 0 Å². The van der Waals surface area contributed by atoms with Crippen LogP contribution in [0.2, 0.25) is 11.2 Å². The molecule has 8 nitrogen and oxygen atoms in total. The van der Waals surface area contributed by atoms with Gasteiger partial charge in [-0.2, -0.15) is 0 Å². The van der Waals surface area contributed by atoms with E-state index in [1.54, 1.807) is 42.7 Å². The first kappa shape index (κ1) is 31.3. The molecule has 0 amide bonds. The minimum Gasteiger partial charge on any atom is -0.377 e. The van der Waals surface area contributed by atoms with Gasteiger partial charge in [-0.15, -0.1) is 0 Å². The second-order valence-electron chi connectivity index (χ2n) is 7.73. The summed E-state index contributed by atoms with van der Waals surface area (Å²) in [5.74, 6) is 0. The second kappa shape index (κ2) is 18.7. The standard InChI is InChI=1S/C20H50N2O6Si3/c1-9-22(10-2)17-13-11-12-15-20(31(26-6,27-7)28-8)29-19-21-16-14-18-30(23-3,24-4)25-5/h20-21H,9-19,29H2,1-8H3. The van der Waals surface area contributed by atoms with Crippen molar-refractivity contribution >= 4 is 27.1 Å². The van der Waals surface area contributed by atoms with Crippen LogP contribution in [0, 0.1) is 0 Å². The first-order chi connectivity index (χ1) is 15.0.